The third kappa shape index (κ3) is 3.74. The number of nitrogens with one attached hydrogen (secondary N) is 2. The Bertz CT molecular complexity index is 983. The van der Waals surface area contributed by atoms with Gasteiger partial charge in [-0.2, -0.15) is 0 Å². The molecule has 1 aliphatic rings. The first-order chi connectivity index (χ1) is 13.6. The molecule has 6 nitrogen and oxygen atoms in total. The Labute approximate surface area is 161 Å². The molecule has 28 heavy (non-hydrogen) atoms. The number of para-hydroxylation sites is 3. The summed E-state index contributed by atoms with van der Waals surface area (Å²) in [6.45, 7) is 0.704. The van der Waals surface area contributed by atoms with Crippen LogP contribution in [0.3, 0.4) is 0 Å². The van der Waals surface area contributed by atoms with Crippen LogP contribution in [0.1, 0.15) is 18.7 Å². The van der Waals surface area contributed by atoms with Crippen LogP contribution in [0.4, 0.5) is 10.1 Å². The normalized spacial score (nSPS) is 16.7. The number of hydrogen-bond donors (Lipinski definition) is 2. The van der Waals surface area contributed by atoms with Gasteiger partial charge in [0, 0.05) is 25.9 Å². The second-order valence-corrected chi connectivity index (χ2v) is 6.95. The van der Waals surface area contributed by atoms with Crippen molar-refractivity contribution in [2.24, 2.45) is 5.92 Å². The highest BCUT2D eigenvalue weighted by molar-refractivity contribution is 6.00. The Morgan fingerprint density at radius 3 is 2.82 bits per heavy atom. The van der Waals surface area contributed by atoms with Crippen molar-refractivity contribution in [3.05, 3.63) is 60.2 Å². The number of amides is 2. The molecule has 0 radical (unpaired) electrons. The van der Waals surface area contributed by atoms with Crippen molar-refractivity contribution in [3.63, 3.8) is 0 Å². The molecule has 144 valence electrons. The number of rotatable bonds is 6. The minimum atomic E-state index is -0.460. The van der Waals surface area contributed by atoms with Gasteiger partial charge < -0.3 is 15.2 Å². The topological polar surface area (TPSA) is 78.1 Å². The molecular weight excluding hydrogens is 359 g/mol. The molecule has 0 spiro atoms. The van der Waals surface area contributed by atoms with Gasteiger partial charge in [0.25, 0.3) is 0 Å². The summed E-state index contributed by atoms with van der Waals surface area (Å²) in [7, 11) is 0. The lowest BCUT2D eigenvalue weighted by Gasteiger charge is -2.17. The average Bonchev–Trinajstić information content (AvgIpc) is 3.28. The molecule has 3 aromatic rings. The number of aryl methyl sites for hydroxylation is 1. The van der Waals surface area contributed by atoms with Gasteiger partial charge in [0.1, 0.15) is 11.6 Å². The predicted molar refractivity (Wildman–Crippen MR) is 104 cm³/mol. The van der Waals surface area contributed by atoms with Crippen LogP contribution in [0, 0.1) is 11.7 Å². The molecule has 1 aliphatic heterocycles. The Hall–Kier alpha value is -3.22. The average molecular weight is 380 g/mol. The highest BCUT2D eigenvalue weighted by atomic mass is 19.1. The number of carbonyl (C=O) groups is 2. The third-order valence-corrected chi connectivity index (χ3v) is 4.97. The van der Waals surface area contributed by atoms with E-state index < -0.39 is 11.7 Å². The summed E-state index contributed by atoms with van der Waals surface area (Å²) in [6.07, 6.45) is 1.56. The number of fused-ring (bicyclic) bond motifs is 1. The number of aromatic amines is 1. The lowest BCUT2D eigenvalue weighted by molar-refractivity contribution is -0.126. The first kappa shape index (κ1) is 18.2. The maximum atomic E-state index is 13.9. The Balaban J connectivity index is 1.27. The Morgan fingerprint density at radius 1 is 1.21 bits per heavy atom. The molecule has 0 aliphatic carbocycles. The maximum absolute atomic E-state index is 13.9. The van der Waals surface area contributed by atoms with E-state index in [4.69, 9.17) is 0 Å². The van der Waals surface area contributed by atoms with Crippen molar-refractivity contribution in [1.82, 2.24) is 15.3 Å². The fourth-order valence-electron chi connectivity index (χ4n) is 3.52. The number of anilines is 1. The van der Waals surface area contributed by atoms with E-state index in [0.717, 1.165) is 29.7 Å². The fraction of sp³-hybridized carbons (Fsp3) is 0.286. The van der Waals surface area contributed by atoms with Crippen LogP contribution in [0.25, 0.3) is 11.0 Å². The molecular formula is C21H21FN4O2. The maximum Gasteiger partial charge on any atom is 0.227 e. The number of imidazole rings is 1. The Kier molecular flexibility index (Phi) is 5.06. The number of nitrogens with zero attached hydrogens (tertiary/aromatic N) is 2. The number of benzene rings is 2. The quantitative estimate of drug-likeness (QED) is 0.646. The van der Waals surface area contributed by atoms with Gasteiger partial charge in [-0.15, -0.1) is 0 Å². The van der Waals surface area contributed by atoms with Crippen molar-refractivity contribution in [3.8, 4) is 0 Å². The SMILES string of the molecule is O=C(NCCCc1nc2ccccc2[nH]1)C1CC(=O)N(c2ccccc2F)C1. The van der Waals surface area contributed by atoms with Crippen LogP contribution in [-0.2, 0) is 16.0 Å². The molecule has 1 aromatic heterocycles. The molecule has 7 heteroatoms. The lowest BCUT2D eigenvalue weighted by atomic mass is 10.1. The summed E-state index contributed by atoms with van der Waals surface area (Å²) in [5.41, 5.74) is 2.16. The first-order valence-corrected chi connectivity index (χ1v) is 9.38. The molecule has 1 fully saturated rings. The van der Waals surface area contributed by atoms with Crippen molar-refractivity contribution >= 4 is 28.5 Å². The number of aromatic nitrogens is 2. The van der Waals surface area contributed by atoms with E-state index in [2.05, 4.69) is 15.3 Å². The van der Waals surface area contributed by atoms with E-state index in [1.807, 2.05) is 24.3 Å². The van der Waals surface area contributed by atoms with E-state index in [0.29, 0.717) is 6.54 Å². The minimum absolute atomic E-state index is 0.101. The van der Waals surface area contributed by atoms with Crippen molar-refractivity contribution in [1.29, 1.82) is 0 Å². The molecule has 0 saturated carbocycles. The second kappa shape index (κ2) is 7.80. The lowest BCUT2D eigenvalue weighted by Crippen LogP contribution is -2.33. The Morgan fingerprint density at radius 2 is 2.00 bits per heavy atom. The standard InChI is InChI=1S/C21H21FN4O2/c22-15-6-1-4-9-18(15)26-13-14(12-20(26)27)21(28)23-11-5-10-19-24-16-7-2-3-8-17(16)25-19/h1-4,6-9,14H,5,10-13H2,(H,23,28)(H,24,25). The summed E-state index contributed by atoms with van der Waals surface area (Å²) in [5, 5.41) is 2.88. The molecule has 1 atom stereocenters. The van der Waals surface area contributed by atoms with Gasteiger partial charge in [0.05, 0.1) is 22.6 Å². The van der Waals surface area contributed by atoms with Crippen molar-refractivity contribution in [2.45, 2.75) is 19.3 Å². The first-order valence-electron chi connectivity index (χ1n) is 9.38. The number of halogens is 1. The fourth-order valence-corrected chi connectivity index (χ4v) is 3.52. The molecule has 2 heterocycles. The largest absolute Gasteiger partial charge is 0.356 e. The zero-order valence-electron chi connectivity index (χ0n) is 15.3. The number of carbonyl (C=O) groups excluding carboxylic acids is 2. The molecule has 1 unspecified atom stereocenters. The van der Waals surface area contributed by atoms with E-state index in [1.54, 1.807) is 18.2 Å². The monoisotopic (exact) mass is 380 g/mol. The van der Waals surface area contributed by atoms with Crippen LogP contribution in [0.2, 0.25) is 0 Å². The van der Waals surface area contributed by atoms with Gasteiger partial charge in [-0.25, -0.2) is 9.37 Å². The van der Waals surface area contributed by atoms with Gasteiger partial charge in [0.15, 0.2) is 0 Å². The highest BCUT2D eigenvalue weighted by Crippen LogP contribution is 2.27. The summed E-state index contributed by atoms with van der Waals surface area (Å²) >= 11 is 0. The third-order valence-electron chi connectivity index (χ3n) is 4.97. The van der Waals surface area contributed by atoms with E-state index >= 15 is 0 Å². The number of hydrogen-bond acceptors (Lipinski definition) is 3. The van der Waals surface area contributed by atoms with Gasteiger partial charge in [-0.3, -0.25) is 9.59 Å². The van der Waals surface area contributed by atoms with Crippen molar-refractivity contribution in [2.75, 3.05) is 18.0 Å². The zero-order valence-corrected chi connectivity index (χ0v) is 15.3. The van der Waals surface area contributed by atoms with Gasteiger partial charge >= 0.3 is 0 Å². The van der Waals surface area contributed by atoms with Crippen LogP contribution in [0.15, 0.2) is 48.5 Å². The molecule has 2 N–H and O–H groups in total. The summed E-state index contributed by atoms with van der Waals surface area (Å²) in [4.78, 5) is 33.7. The summed E-state index contributed by atoms with van der Waals surface area (Å²) in [5.74, 6) is -0.428. The molecule has 2 amide bonds. The van der Waals surface area contributed by atoms with Crippen LogP contribution in [-0.4, -0.2) is 34.9 Å². The molecule has 4 rings (SSSR count). The van der Waals surface area contributed by atoms with Crippen molar-refractivity contribution < 1.29 is 14.0 Å². The minimum Gasteiger partial charge on any atom is -0.356 e. The van der Waals surface area contributed by atoms with Crippen LogP contribution >= 0.6 is 0 Å². The van der Waals surface area contributed by atoms with Gasteiger partial charge in [0.2, 0.25) is 11.8 Å². The summed E-state index contributed by atoms with van der Waals surface area (Å²) < 4.78 is 13.9. The van der Waals surface area contributed by atoms with Crippen LogP contribution < -0.4 is 10.2 Å². The second-order valence-electron chi connectivity index (χ2n) is 6.95. The van der Waals surface area contributed by atoms with Gasteiger partial charge in [-0.1, -0.05) is 24.3 Å². The summed E-state index contributed by atoms with van der Waals surface area (Å²) in [6, 6.07) is 14.0. The molecule has 1 saturated heterocycles. The van der Waals surface area contributed by atoms with Gasteiger partial charge in [-0.05, 0) is 30.7 Å². The smallest absolute Gasteiger partial charge is 0.227 e. The predicted octanol–water partition coefficient (Wildman–Crippen LogP) is 2.80. The molecule has 0 bridgehead atoms. The molecule has 2 aromatic carbocycles. The van der Waals surface area contributed by atoms with E-state index in [-0.39, 0.29) is 30.5 Å². The zero-order chi connectivity index (χ0) is 19.5. The van der Waals surface area contributed by atoms with E-state index in [9.17, 15) is 14.0 Å². The highest BCUT2D eigenvalue weighted by Gasteiger charge is 2.35. The van der Waals surface area contributed by atoms with E-state index in [1.165, 1.54) is 11.0 Å². The van der Waals surface area contributed by atoms with Crippen LogP contribution in [0.5, 0.6) is 0 Å². The number of H-pyrrole nitrogens is 1.